The third-order valence-corrected chi connectivity index (χ3v) is 5.86. The third kappa shape index (κ3) is 3.18. The van der Waals surface area contributed by atoms with E-state index in [-0.39, 0.29) is 10.8 Å². The molecular formula is C22H29NO2. The summed E-state index contributed by atoms with van der Waals surface area (Å²) in [6, 6.07) is 7.32. The van der Waals surface area contributed by atoms with E-state index in [0.717, 1.165) is 31.6 Å². The van der Waals surface area contributed by atoms with Crippen LogP contribution in [0.2, 0.25) is 0 Å². The Balaban J connectivity index is 1.95. The van der Waals surface area contributed by atoms with Crippen LogP contribution in [0.3, 0.4) is 0 Å². The molecule has 1 aliphatic heterocycles. The van der Waals surface area contributed by atoms with Gasteiger partial charge in [0, 0.05) is 23.9 Å². The third-order valence-electron chi connectivity index (χ3n) is 5.86. The molecule has 1 atom stereocenters. The SMILES string of the molecule is CCCN1CC=C2C(C)(C)C(c3ccc(C(=O)O)cc3)=CC[C@]2(C)C1. The average Bonchev–Trinajstić information content (AvgIpc) is 2.54. The van der Waals surface area contributed by atoms with Crippen LogP contribution in [-0.4, -0.2) is 35.6 Å². The zero-order chi connectivity index (χ0) is 18.2. The molecule has 0 amide bonds. The average molecular weight is 339 g/mol. The molecule has 1 aromatic carbocycles. The van der Waals surface area contributed by atoms with Crippen molar-refractivity contribution in [1.82, 2.24) is 4.90 Å². The molecule has 0 unspecified atom stereocenters. The van der Waals surface area contributed by atoms with Gasteiger partial charge in [0.2, 0.25) is 0 Å². The fourth-order valence-corrected chi connectivity index (χ4v) is 4.78. The van der Waals surface area contributed by atoms with Crippen molar-refractivity contribution in [2.45, 2.75) is 40.5 Å². The smallest absolute Gasteiger partial charge is 0.335 e. The maximum absolute atomic E-state index is 11.1. The van der Waals surface area contributed by atoms with Crippen molar-refractivity contribution in [3.63, 3.8) is 0 Å². The number of rotatable bonds is 4. The lowest BCUT2D eigenvalue weighted by Crippen LogP contribution is -2.46. The number of hydrogen-bond donors (Lipinski definition) is 1. The Kier molecular flexibility index (Phi) is 4.63. The summed E-state index contributed by atoms with van der Waals surface area (Å²) in [6.07, 6.45) is 7.05. The molecule has 2 aliphatic rings. The number of carbonyl (C=O) groups is 1. The predicted molar refractivity (Wildman–Crippen MR) is 103 cm³/mol. The molecule has 0 saturated carbocycles. The first kappa shape index (κ1) is 17.9. The number of carboxylic acids is 1. The molecule has 25 heavy (non-hydrogen) atoms. The van der Waals surface area contributed by atoms with Crippen LogP contribution in [0.5, 0.6) is 0 Å². The minimum atomic E-state index is -0.873. The largest absolute Gasteiger partial charge is 0.478 e. The van der Waals surface area contributed by atoms with Crippen LogP contribution >= 0.6 is 0 Å². The number of aromatic carboxylic acids is 1. The number of allylic oxidation sites excluding steroid dienone is 2. The van der Waals surface area contributed by atoms with E-state index in [0.29, 0.717) is 5.56 Å². The molecule has 1 aliphatic carbocycles. The second-order valence-corrected chi connectivity index (χ2v) is 8.24. The number of nitrogens with zero attached hydrogens (tertiary/aromatic N) is 1. The van der Waals surface area contributed by atoms with Crippen LogP contribution in [0.25, 0.3) is 5.57 Å². The van der Waals surface area contributed by atoms with Crippen molar-refractivity contribution in [3.8, 4) is 0 Å². The number of carboxylic acid groups (broad SMARTS) is 1. The lowest BCUT2D eigenvalue weighted by molar-refractivity contribution is 0.0697. The normalized spacial score (nSPS) is 25.8. The molecule has 0 saturated heterocycles. The Morgan fingerprint density at radius 1 is 1.16 bits per heavy atom. The van der Waals surface area contributed by atoms with Gasteiger partial charge >= 0.3 is 5.97 Å². The van der Waals surface area contributed by atoms with Crippen molar-refractivity contribution < 1.29 is 9.90 Å². The maximum atomic E-state index is 11.1. The minimum Gasteiger partial charge on any atom is -0.478 e. The first-order chi connectivity index (χ1) is 11.8. The second kappa shape index (κ2) is 6.45. The van der Waals surface area contributed by atoms with E-state index in [1.807, 2.05) is 12.1 Å². The van der Waals surface area contributed by atoms with Crippen molar-refractivity contribution in [3.05, 3.63) is 53.1 Å². The quantitative estimate of drug-likeness (QED) is 0.797. The van der Waals surface area contributed by atoms with Crippen LogP contribution in [0.1, 0.15) is 56.5 Å². The lowest BCUT2D eigenvalue weighted by Gasteiger charge is -2.50. The van der Waals surface area contributed by atoms with Gasteiger partial charge < -0.3 is 5.11 Å². The summed E-state index contributed by atoms with van der Waals surface area (Å²) >= 11 is 0. The minimum absolute atomic E-state index is 0.0317. The summed E-state index contributed by atoms with van der Waals surface area (Å²) in [5.74, 6) is -0.873. The van der Waals surface area contributed by atoms with Gasteiger partial charge in [0.25, 0.3) is 0 Å². The zero-order valence-electron chi connectivity index (χ0n) is 15.8. The molecule has 0 radical (unpaired) electrons. The fourth-order valence-electron chi connectivity index (χ4n) is 4.78. The van der Waals surface area contributed by atoms with Crippen LogP contribution in [-0.2, 0) is 0 Å². The highest BCUT2D eigenvalue weighted by Gasteiger charge is 2.45. The zero-order valence-corrected chi connectivity index (χ0v) is 15.8. The summed E-state index contributed by atoms with van der Waals surface area (Å²) in [7, 11) is 0. The summed E-state index contributed by atoms with van der Waals surface area (Å²) in [5, 5.41) is 9.12. The van der Waals surface area contributed by atoms with Gasteiger partial charge in [-0.25, -0.2) is 4.79 Å². The summed E-state index contributed by atoms with van der Waals surface area (Å²) < 4.78 is 0. The van der Waals surface area contributed by atoms with Crippen molar-refractivity contribution in [2.24, 2.45) is 10.8 Å². The Labute approximate surface area is 151 Å². The van der Waals surface area contributed by atoms with E-state index in [9.17, 15) is 4.79 Å². The topological polar surface area (TPSA) is 40.5 Å². The highest BCUT2D eigenvalue weighted by atomic mass is 16.4. The van der Waals surface area contributed by atoms with Gasteiger partial charge in [-0.2, -0.15) is 0 Å². The lowest BCUT2D eigenvalue weighted by atomic mass is 9.58. The van der Waals surface area contributed by atoms with Crippen LogP contribution in [0.15, 0.2) is 42.0 Å². The summed E-state index contributed by atoms with van der Waals surface area (Å²) in [6.45, 7) is 12.6. The predicted octanol–water partition coefficient (Wildman–Crippen LogP) is 4.86. The molecule has 0 aromatic heterocycles. The van der Waals surface area contributed by atoms with Crippen molar-refractivity contribution in [1.29, 1.82) is 0 Å². The van der Waals surface area contributed by atoms with E-state index in [2.05, 4.69) is 44.7 Å². The molecule has 1 heterocycles. The first-order valence-corrected chi connectivity index (χ1v) is 9.26. The van der Waals surface area contributed by atoms with Crippen molar-refractivity contribution in [2.75, 3.05) is 19.6 Å². The summed E-state index contributed by atoms with van der Waals surface area (Å²) in [5.41, 5.74) is 4.49. The monoisotopic (exact) mass is 339 g/mol. The Morgan fingerprint density at radius 2 is 1.84 bits per heavy atom. The summed E-state index contributed by atoms with van der Waals surface area (Å²) in [4.78, 5) is 13.7. The molecule has 0 bridgehead atoms. The highest BCUT2D eigenvalue weighted by molar-refractivity contribution is 5.88. The van der Waals surface area contributed by atoms with Gasteiger partial charge in [0.05, 0.1) is 5.56 Å². The van der Waals surface area contributed by atoms with E-state index >= 15 is 0 Å². The van der Waals surface area contributed by atoms with Crippen LogP contribution in [0, 0.1) is 10.8 Å². The molecule has 0 fully saturated rings. The number of fused-ring (bicyclic) bond motifs is 1. The van der Waals surface area contributed by atoms with Crippen LogP contribution in [0.4, 0.5) is 0 Å². The Bertz CT molecular complexity index is 727. The first-order valence-electron chi connectivity index (χ1n) is 9.26. The highest BCUT2D eigenvalue weighted by Crippen LogP contribution is 2.55. The molecule has 1 N–H and O–H groups in total. The second-order valence-electron chi connectivity index (χ2n) is 8.24. The molecule has 1 aromatic rings. The van der Waals surface area contributed by atoms with Gasteiger partial charge in [0.15, 0.2) is 0 Å². The van der Waals surface area contributed by atoms with E-state index in [4.69, 9.17) is 5.11 Å². The Morgan fingerprint density at radius 3 is 2.44 bits per heavy atom. The van der Waals surface area contributed by atoms with Gasteiger partial charge in [0.1, 0.15) is 0 Å². The van der Waals surface area contributed by atoms with Crippen LogP contribution < -0.4 is 0 Å². The molecule has 0 spiro atoms. The van der Waals surface area contributed by atoms with E-state index in [1.165, 1.54) is 17.6 Å². The maximum Gasteiger partial charge on any atom is 0.335 e. The van der Waals surface area contributed by atoms with Gasteiger partial charge in [-0.05, 0) is 42.7 Å². The standard InChI is InChI=1S/C22H29NO2/c1-5-13-23-14-11-19-21(2,3)18(10-12-22(19,4)15-23)16-6-8-17(9-7-16)20(24)25/h6-11H,5,12-15H2,1-4H3,(H,24,25)/t22-/m1/s1. The van der Waals surface area contributed by atoms with E-state index < -0.39 is 5.97 Å². The van der Waals surface area contributed by atoms with Gasteiger partial charge in [-0.1, -0.05) is 57.6 Å². The Hall–Kier alpha value is -1.87. The molecule has 134 valence electrons. The number of hydrogen-bond acceptors (Lipinski definition) is 2. The molecular weight excluding hydrogens is 310 g/mol. The molecule has 3 nitrogen and oxygen atoms in total. The number of benzene rings is 1. The van der Waals surface area contributed by atoms with Crippen molar-refractivity contribution >= 4 is 11.5 Å². The van der Waals surface area contributed by atoms with Gasteiger partial charge in [-0.3, -0.25) is 4.90 Å². The van der Waals surface area contributed by atoms with Gasteiger partial charge in [-0.15, -0.1) is 0 Å². The fraction of sp³-hybridized carbons (Fsp3) is 0.500. The molecule has 3 heteroatoms. The molecule has 3 rings (SSSR count). The van der Waals surface area contributed by atoms with E-state index in [1.54, 1.807) is 12.1 Å².